The van der Waals surface area contributed by atoms with Crippen molar-refractivity contribution in [3.8, 4) is 0 Å². The first-order valence-corrected chi connectivity index (χ1v) is 7.11. The molecule has 1 N–H and O–H groups in total. The molecule has 1 amide bonds. The Morgan fingerprint density at radius 2 is 2.00 bits per heavy atom. The van der Waals surface area contributed by atoms with Crippen molar-refractivity contribution in [2.75, 3.05) is 20.2 Å². The maximum atomic E-state index is 12.3. The third kappa shape index (κ3) is 3.08. The fourth-order valence-electron chi connectivity index (χ4n) is 3.24. The molecule has 1 aliphatic heterocycles. The van der Waals surface area contributed by atoms with Gasteiger partial charge in [-0.15, -0.1) is 0 Å². The van der Waals surface area contributed by atoms with Crippen molar-refractivity contribution in [3.05, 3.63) is 0 Å². The van der Waals surface area contributed by atoms with Crippen LogP contribution in [0.5, 0.6) is 0 Å². The van der Waals surface area contributed by atoms with Crippen LogP contribution in [0.2, 0.25) is 0 Å². The van der Waals surface area contributed by atoms with E-state index in [4.69, 9.17) is 4.74 Å². The molecule has 5 heteroatoms. The molecule has 5 nitrogen and oxygen atoms in total. The van der Waals surface area contributed by atoms with Crippen molar-refractivity contribution in [3.63, 3.8) is 0 Å². The summed E-state index contributed by atoms with van der Waals surface area (Å²) in [6.45, 7) is 1.29. The number of hydrogen-bond acceptors (Lipinski definition) is 3. The van der Waals surface area contributed by atoms with Crippen LogP contribution in [0, 0.1) is 5.41 Å². The van der Waals surface area contributed by atoms with Gasteiger partial charge >= 0.3 is 5.97 Å². The van der Waals surface area contributed by atoms with Gasteiger partial charge in [0, 0.05) is 26.6 Å². The fourth-order valence-corrected chi connectivity index (χ4v) is 3.24. The van der Waals surface area contributed by atoms with Crippen molar-refractivity contribution in [1.29, 1.82) is 0 Å². The number of carbonyl (C=O) groups is 2. The highest BCUT2D eigenvalue weighted by molar-refractivity contribution is 5.85. The molecule has 0 aromatic carbocycles. The van der Waals surface area contributed by atoms with Crippen LogP contribution in [0.15, 0.2) is 0 Å². The van der Waals surface area contributed by atoms with E-state index in [1.54, 1.807) is 12.0 Å². The van der Waals surface area contributed by atoms with Gasteiger partial charge in [0.05, 0.1) is 11.5 Å². The molecule has 19 heavy (non-hydrogen) atoms. The summed E-state index contributed by atoms with van der Waals surface area (Å²) in [6.07, 6.45) is 5.29. The first-order valence-electron chi connectivity index (χ1n) is 7.11. The van der Waals surface area contributed by atoms with Crippen LogP contribution in [0.4, 0.5) is 0 Å². The smallest absolute Gasteiger partial charge is 0.310 e. The molecule has 1 atom stereocenters. The van der Waals surface area contributed by atoms with E-state index in [0.29, 0.717) is 25.9 Å². The summed E-state index contributed by atoms with van der Waals surface area (Å²) in [6, 6.07) is 0. The summed E-state index contributed by atoms with van der Waals surface area (Å²) in [5.74, 6) is -0.827. The summed E-state index contributed by atoms with van der Waals surface area (Å²) in [5, 5.41) is 9.48. The zero-order valence-electron chi connectivity index (χ0n) is 11.6. The Balaban J connectivity index is 1.98. The van der Waals surface area contributed by atoms with Gasteiger partial charge in [0.15, 0.2) is 0 Å². The van der Waals surface area contributed by atoms with Gasteiger partial charge < -0.3 is 14.7 Å². The molecule has 1 unspecified atom stereocenters. The second-order valence-electron chi connectivity index (χ2n) is 5.81. The molecule has 0 spiro atoms. The van der Waals surface area contributed by atoms with Crippen LogP contribution in [0.1, 0.15) is 44.9 Å². The predicted molar refractivity (Wildman–Crippen MR) is 69.8 cm³/mol. The lowest BCUT2D eigenvalue weighted by Gasteiger charge is -2.33. The molecular formula is C14H23NO4. The molecule has 2 aliphatic rings. The molecule has 1 saturated heterocycles. The van der Waals surface area contributed by atoms with Crippen molar-refractivity contribution in [2.24, 2.45) is 5.41 Å². The highest BCUT2D eigenvalue weighted by Gasteiger charge is 2.43. The maximum absolute atomic E-state index is 12.3. The standard InChI is InChI=1S/C14H23NO4/c1-19-11-5-8-15(10-11)12(16)9-14(13(17)18)6-3-2-4-7-14/h11H,2-10H2,1H3,(H,17,18). The summed E-state index contributed by atoms with van der Waals surface area (Å²) >= 11 is 0. The Kier molecular flexibility index (Phi) is 4.45. The number of nitrogens with zero attached hydrogens (tertiary/aromatic N) is 1. The SMILES string of the molecule is COC1CCN(C(=O)CC2(C(=O)O)CCCCC2)C1. The van der Waals surface area contributed by atoms with Crippen LogP contribution in [0.3, 0.4) is 0 Å². The highest BCUT2D eigenvalue weighted by atomic mass is 16.5. The van der Waals surface area contributed by atoms with E-state index < -0.39 is 11.4 Å². The topological polar surface area (TPSA) is 66.8 Å². The van der Waals surface area contributed by atoms with Gasteiger partial charge in [-0.3, -0.25) is 9.59 Å². The van der Waals surface area contributed by atoms with Gasteiger partial charge in [-0.05, 0) is 19.3 Å². The van der Waals surface area contributed by atoms with Crippen molar-refractivity contribution < 1.29 is 19.4 Å². The summed E-state index contributed by atoms with van der Waals surface area (Å²) in [4.78, 5) is 25.6. The lowest BCUT2D eigenvalue weighted by atomic mass is 9.71. The fraction of sp³-hybridized carbons (Fsp3) is 0.857. The number of likely N-dealkylation sites (tertiary alicyclic amines) is 1. The lowest BCUT2D eigenvalue weighted by molar-refractivity contribution is -0.155. The number of carbonyl (C=O) groups excluding carboxylic acids is 1. The molecule has 108 valence electrons. The molecular weight excluding hydrogens is 246 g/mol. The predicted octanol–water partition coefficient (Wildman–Crippen LogP) is 1.66. The molecule has 0 aromatic heterocycles. The Morgan fingerprint density at radius 1 is 1.32 bits per heavy atom. The molecule has 2 fully saturated rings. The number of carboxylic acids is 1. The van der Waals surface area contributed by atoms with E-state index >= 15 is 0 Å². The normalized spacial score (nSPS) is 26.4. The van der Waals surface area contributed by atoms with Gasteiger partial charge in [0.25, 0.3) is 0 Å². The van der Waals surface area contributed by atoms with Crippen LogP contribution >= 0.6 is 0 Å². The van der Waals surface area contributed by atoms with Crippen LogP contribution in [-0.2, 0) is 14.3 Å². The molecule has 1 heterocycles. The average Bonchev–Trinajstić information content (AvgIpc) is 2.88. The summed E-state index contributed by atoms with van der Waals surface area (Å²) < 4.78 is 5.24. The van der Waals surface area contributed by atoms with E-state index in [1.165, 1.54) is 0 Å². The average molecular weight is 269 g/mol. The third-order valence-electron chi connectivity index (χ3n) is 4.59. The van der Waals surface area contributed by atoms with Crippen molar-refractivity contribution in [1.82, 2.24) is 4.90 Å². The van der Waals surface area contributed by atoms with Crippen LogP contribution < -0.4 is 0 Å². The second kappa shape index (κ2) is 5.90. The van der Waals surface area contributed by atoms with E-state index in [-0.39, 0.29) is 18.4 Å². The number of amides is 1. The van der Waals surface area contributed by atoms with Crippen LogP contribution in [0.25, 0.3) is 0 Å². The second-order valence-corrected chi connectivity index (χ2v) is 5.81. The third-order valence-corrected chi connectivity index (χ3v) is 4.59. The van der Waals surface area contributed by atoms with Gasteiger partial charge in [-0.2, -0.15) is 0 Å². The Bertz CT molecular complexity index is 349. The van der Waals surface area contributed by atoms with E-state index in [0.717, 1.165) is 25.7 Å². The van der Waals surface area contributed by atoms with E-state index in [2.05, 4.69) is 0 Å². The molecule has 1 saturated carbocycles. The van der Waals surface area contributed by atoms with E-state index in [9.17, 15) is 14.7 Å². The number of ether oxygens (including phenoxy) is 1. The zero-order valence-corrected chi connectivity index (χ0v) is 11.6. The first-order chi connectivity index (χ1) is 9.07. The molecule has 2 rings (SSSR count). The molecule has 0 aromatic rings. The minimum atomic E-state index is -0.819. The number of hydrogen-bond donors (Lipinski definition) is 1. The minimum absolute atomic E-state index is 0.0242. The lowest BCUT2D eigenvalue weighted by Crippen LogP contribution is -2.40. The number of rotatable bonds is 4. The first kappa shape index (κ1) is 14.3. The van der Waals surface area contributed by atoms with Gasteiger partial charge in [0.2, 0.25) is 5.91 Å². The Hall–Kier alpha value is -1.10. The zero-order chi connectivity index (χ0) is 13.9. The highest BCUT2D eigenvalue weighted by Crippen LogP contribution is 2.40. The Labute approximate surface area is 113 Å². The number of methoxy groups -OCH3 is 1. The summed E-state index contributed by atoms with van der Waals surface area (Å²) in [7, 11) is 1.65. The largest absolute Gasteiger partial charge is 0.481 e. The van der Waals surface area contributed by atoms with Crippen LogP contribution in [-0.4, -0.2) is 48.2 Å². The minimum Gasteiger partial charge on any atom is -0.481 e. The number of aliphatic carboxylic acids is 1. The molecule has 1 aliphatic carbocycles. The molecule has 0 bridgehead atoms. The quantitative estimate of drug-likeness (QED) is 0.843. The van der Waals surface area contributed by atoms with Crippen molar-refractivity contribution in [2.45, 2.75) is 51.0 Å². The maximum Gasteiger partial charge on any atom is 0.310 e. The Morgan fingerprint density at radius 3 is 2.53 bits per heavy atom. The van der Waals surface area contributed by atoms with Gasteiger partial charge in [-0.25, -0.2) is 0 Å². The summed E-state index contributed by atoms with van der Waals surface area (Å²) in [5.41, 5.74) is -0.819. The van der Waals surface area contributed by atoms with Gasteiger partial charge in [0.1, 0.15) is 0 Å². The monoisotopic (exact) mass is 269 g/mol. The van der Waals surface area contributed by atoms with E-state index in [1.807, 2.05) is 0 Å². The van der Waals surface area contributed by atoms with Gasteiger partial charge in [-0.1, -0.05) is 19.3 Å². The molecule has 0 radical (unpaired) electrons. The van der Waals surface area contributed by atoms with Crippen molar-refractivity contribution >= 4 is 11.9 Å². The number of carboxylic acid groups (broad SMARTS) is 1.